The first-order chi connectivity index (χ1) is 13.9. The second-order valence-corrected chi connectivity index (χ2v) is 7.33. The molecule has 150 valence electrons. The Hall–Kier alpha value is -3.17. The van der Waals surface area contributed by atoms with Gasteiger partial charge in [-0.3, -0.25) is 9.59 Å². The maximum Gasteiger partial charge on any atom is 0.266 e. The average molecular weight is 391 g/mol. The summed E-state index contributed by atoms with van der Waals surface area (Å²) in [5, 5.41) is 12.2. The van der Waals surface area contributed by atoms with E-state index in [0.717, 1.165) is 42.9 Å². The van der Waals surface area contributed by atoms with Gasteiger partial charge in [0.25, 0.3) is 5.91 Å². The van der Waals surface area contributed by atoms with E-state index in [9.17, 15) is 14.9 Å². The van der Waals surface area contributed by atoms with Crippen molar-refractivity contribution in [3.05, 3.63) is 58.4 Å². The molecule has 0 bridgehead atoms. The molecule has 1 fully saturated rings. The van der Waals surface area contributed by atoms with Crippen molar-refractivity contribution in [2.24, 2.45) is 0 Å². The lowest BCUT2D eigenvalue weighted by atomic mass is 10.1. The van der Waals surface area contributed by atoms with Gasteiger partial charge >= 0.3 is 0 Å². The number of Topliss-reactive ketones (excluding diaryl/α,β-unsaturated/α-hetero) is 1. The van der Waals surface area contributed by atoms with Crippen LogP contribution in [0.4, 0.5) is 5.69 Å². The Kier molecular flexibility index (Phi) is 6.30. The molecule has 1 aromatic heterocycles. The van der Waals surface area contributed by atoms with Crippen molar-refractivity contribution in [3.63, 3.8) is 0 Å². The molecule has 1 aliphatic rings. The SMILES string of the molecule is CC(=O)c1cccc(NC(=O)/C(C#N)=C/c2cc(C)n(C[C@@H]3CCCO3)c2C)c1. The number of hydrogen-bond acceptors (Lipinski definition) is 4. The van der Waals surface area contributed by atoms with Crippen LogP contribution in [-0.4, -0.2) is 29.0 Å². The van der Waals surface area contributed by atoms with Gasteiger partial charge in [-0.25, -0.2) is 0 Å². The van der Waals surface area contributed by atoms with Crippen LogP contribution >= 0.6 is 0 Å². The summed E-state index contributed by atoms with van der Waals surface area (Å²) < 4.78 is 7.90. The number of carbonyl (C=O) groups is 2. The molecule has 6 heteroatoms. The quantitative estimate of drug-likeness (QED) is 0.458. The van der Waals surface area contributed by atoms with Gasteiger partial charge in [0, 0.05) is 35.8 Å². The summed E-state index contributed by atoms with van der Waals surface area (Å²) in [4.78, 5) is 24.1. The van der Waals surface area contributed by atoms with Crippen molar-refractivity contribution in [1.82, 2.24) is 4.57 Å². The molecular formula is C23H25N3O3. The largest absolute Gasteiger partial charge is 0.376 e. The minimum absolute atomic E-state index is 0.00981. The van der Waals surface area contributed by atoms with E-state index in [1.165, 1.54) is 6.92 Å². The van der Waals surface area contributed by atoms with Crippen LogP contribution in [0.3, 0.4) is 0 Å². The molecule has 0 spiro atoms. The third-order valence-electron chi connectivity index (χ3n) is 5.21. The summed E-state index contributed by atoms with van der Waals surface area (Å²) in [7, 11) is 0. The van der Waals surface area contributed by atoms with Gasteiger partial charge in [-0.15, -0.1) is 0 Å². The zero-order valence-corrected chi connectivity index (χ0v) is 17.0. The highest BCUT2D eigenvalue weighted by Gasteiger charge is 2.19. The number of aromatic nitrogens is 1. The summed E-state index contributed by atoms with van der Waals surface area (Å²) >= 11 is 0. The number of carbonyl (C=O) groups excluding carboxylic acids is 2. The van der Waals surface area contributed by atoms with Crippen molar-refractivity contribution in [3.8, 4) is 6.07 Å². The number of rotatable bonds is 6. The van der Waals surface area contributed by atoms with Gasteiger partial charge in [0.1, 0.15) is 11.6 Å². The Morgan fingerprint density at radius 3 is 2.79 bits per heavy atom. The predicted molar refractivity (Wildman–Crippen MR) is 112 cm³/mol. The molecule has 1 saturated heterocycles. The van der Waals surface area contributed by atoms with E-state index in [4.69, 9.17) is 4.74 Å². The molecule has 1 N–H and O–H groups in total. The van der Waals surface area contributed by atoms with Gasteiger partial charge in [-0.2, -0.15) is 5.26 Å². The lowest BCUT2D eigenvalue weighted by molar-refractivity contribution is -0.112. The normalized spacial score (nSPS) is 16.5. The van der Waals surface area contributed by atoms with Crippen molar-refractivity contribution < 1.29 is 14.3 Å². The van der Waals surface area contributed by atoms with E-state index in [1.54, 1.807) is 30.3 Å². The van der Waals surface area contributed by atoms with Crippen molar-refractivity contribution in [2.45, 2.75) is 46.3 Å². The molecule has 0 aliphatic carbocycles. The maximum atomic E-state index is 12.6. The molecule has 1 aromatic carbocycles. The topological polar surface area (TPSA) is 84.1 Å². The molecule has 3 rings (SSSR count). The molecule has 6 nitrogen and oxygen atoms in total. The van der Waals surface area contributed by atoms with Gasteiger partial charge in [0.15, 0.2) is 5.78 Å². The highest BCUT2D eigenvalue weighted by Crippen LogP contribution is 2.22. The molecule has 1 amide bonds. The Bertz CT molecular complexity index is 1000. The van der Waals surface area contributed by atoms with E-state index in [2.05, 4.69) is 9.88 Å². The van der Waals surface area contributed by atoms with Crippen molar-refractivity contribution in [2.75, 3.05) is 11.9 Å². The lowest BCUT2D eigenvalue weighted by Crippen LogP contribution is -2.17. The number of amides is 1. The van der Waals surface area contributed by atoms with Crippen LogP contribution in [0.25, 0.3) is 6.08 Å². The van der Waals surface area contributed by atoms with Crippen molar-refractivity contribution >= 4 is 23.5 Å². The number of hydrogen-bond donors (Lipinski definition) is 1. The smallest absolute Gasteiger partial charge is 0.266 e. The summed E-state index contributed by atoms with van der Waals surface area (Å²) in [5.74, 6) is -0.590. The zero-order chi connectivity index (χ0) is 21.0. The second kappa shape index (κ2) is 8.89. The van der Waals surface area contributed by atoms with E-state index < -0.39 is 5.91 Å². The van der Waals surface area contributed by atoms with Gasteiger partial charge < -0.3 is 14.6 Å². The average Bonchev–Trinajstić information content (AvgIpc) is 3.30. The van der Waals surface area contributed by atoms with Crippen LogP contribution in [0.15, 0.2) is 35.9 Å². The molecule has 29 heavy (non-hydrogen) atoms. The predicted octanol–water partition coefficient (Wildman–Crippen LogP) is 4.03. The molecule has 0 radical (unpaired) electrons. The molecule has 2 aromatic rings. The number of nitrogens with zero attached hydrogens (tertiary/aromatic N) is 2. The van der Waals surface area contributed by atoms with E-state index in [1.807, 2.05) is 26.0 Å². The van der Waals surface area contributed by atoms with E-state index in [-0.39, 0.29) is 17.5 Å². The Balaban J connectivity index is 1.80. The Morgan fingerprint density at radius 2 is 2.14 bits per heavy atom. The molecular weight excluding hydrogens is 366 g/mol. The Labute approximate surface area is 170 Å². The first-order valence-corrected chi connectivity index (χ1v) is 9.71. The third-order valence-corrected chi connectivity index (χ3v) is 5.21. The number of anilines is 1. The first kappa shape index (κ1) is 20.6. The molecule has 2 heterocycles. The molecule has 0 saturated carbocycles. The Morgan fingerprint density at radius 1 is 1.34 bits per heavy atom. The molecule has 0 unspecified atom stereocenters. The van der Waals surface area contributed by atoms with Crippen LogP contribution in [0.2, 0.25) is 0 Å². The standard InChI is InChI=1S/C23H25N3O3/c1-15-10-19(16(2)26(15)14-22-8-5-9-29-22)11-20(13-24)23(28)25-21-7-4-6-18(12-21)17(3)27/h4,6-7,10-12,22H,5,8-9,14H2,1-3H3,(H,25,28)/b20-11+/t22-/m0/s1. The minimum atomic E-state index is -0.503. The number of nitriles is 1. The monoisotopic (exact) mass is 391 g/mol. The number of benzene rings is 1. The van der Waals surface area contributed by atoms with Crippen molar-refractivity contribution in [1.29, 1.82) is 5.26 Å². The fourth-order valence-electron chi connectivity index (χ4n) is 3.57. The lowest BCUT2D eigenvalue weighted by Gasteiger charge is -2.14. The fraction of sp³-hybridized carbons (Fsp3) is 0.348. The third kappa shape index (κ3) is 4.82. The van der Waals surface area contributed by atoms with Gasteiger partial charge in [-0.05, 0) is 63.5 Å². The van der Waals surface area contributed by atoms with Crippen LogP contribution < -0.4 is 5.32 Å². The van der Waals surface area contributed by atoms with Gasteiger partial charge in [0.2, 0.25) is 0 Å². The molecule has 1 atom stereocenters. The number of aryl methyl sites for hydroxylation is 1. The molecule has 1 aliphatic heterocycles. The first-order valence-electron chi connectivity index (χ1n) is 9.71. The van der Waals surface area contributed by atoms with E-state index >= 15 is 0 Å². The number of nitrogens with one attached hydrogen (secondary N) is 1. The summed E-state index contributed by atoms with van der Waals surface area (Å²) in [6.45, 7) is 7.04. The zero-order valence-electron chi connectivity index (χ0n) is 17.0. The summed E-state index contributed by atoms with van der Waals surface area (Å²) in [5.41, 5.74) is 3.89. The van der Waals surface area contributed by atoms with Crippen LogP contribution in [0.1, 0.15) is 47.1 Å². The highest BCUT2D eigenvalue weighted by molar-refractivity contribution is 6.10. The number of ether oxygens (including phenoxy) is 1. The minimum Gasteiger partial charge on any atom is -0.376 e. The summed E-state index contributed by atoms with van der Waals surface area (Å²) in [6.07, 6.45) is 3.95. The van der Waals surface area contributed by atoms with Gasteiger partial charge in [-0.1, -0.05) is 12.1 Å². The van der Waals surface area contributed by atoms with E-state index in [0.29, 0.717) is 11.3 Å². The van der Waals surface area contributed by atoms with Gasteiger partial charge in [0.05, 0.1) is 6.10 Å². The fourth-order valence-corrected chi connectivity index (χ4v) is 3.57. The van der Waals surface area contributed by atoms with Crippen LogP contribution in [0.5, 0.6) is 0 Å². The van der Waals surface area contributed by atoms with Crippen LogP contribution in [-0.2, 0) is 16.1 Å². The highest BCUT2D eigenvalue weighted by atomic mass is 16.5. The number of ketones is 1. The second-order valence-electron chi connectivity index (χ2n) is 7.33. The maximum absolute atomic E-state index is 12.6. The van der Waals surface area contributed by atoms with Crippen LogP contribution in [0, 0.1) is 25.2 Å². The summed E-state index contributed by atoms with van der Waals surface area (Å²) in [6, 6.07) is 10.6.